The van der Waals surface area contributed by atoms with Gasteiger partial charge in [-0.2, -0.15) is 0 Å². The zero-order valence-corrected chi connectivity index (χ0v) is 16.0. The van der Waals surface area contributed by atoms with Gasteiger partial charge in [-0.15, -0.1) is 23.1 Å². The highest BCUT2D eigenvalue weighted by molar-refractivity contribution is 8.02. The molecule has 0 aliphatic carbocycles. The molecule has 2 aromatic carbocycles. The molecule has 0 atom stereocenters. The molecule has 1 heterocycles. The molecule has 1 aromatic heterocycles. The number of anilines is 1. The molecule has 1 amide bonds. The van der Waals surface area contributed by atoms with E-state index in [9.17, 15) is 4.79 Å². The molecular weight excluding hydrogens is 362 g/mol. The Morgan fingerprint density at radius 1 is 1.23 bits per heavy atom. The molecule has 2 N–H and O–H groups in total. The average molecular weight is 382 g/mol. The number of thiazole rings is 1. The Labute approximate surface area is 161 Å². The van der Waals surface area contributed by atoms with Crippen molar-refractivity contribution in [2.24, 2.45) is 0 Å². The van der Waals surface area contributed by atoms with E-state index >= 15 is 0 Å². The monoisotopic (exact) mass is 381 g/mol. The van der Waals surface area contributed by atoms with Crippen LogP contribution in [0.5, 0.6) is 0 Å². The van der Waals surface area contributed by atoms with Crippen LogP contribution < -0.4 is 10.6 Å². The second-order valence-electron chi connectivity index (χ2n) is 5.50. The summed E-state index contributed by atoms with van der Waals surface area (Å²) in [6.45, 7) is 4.04. The molecule has 0 aliphatic heterocycles. The van der Waals surface area contributed by atoms with Crippen LogP contribution in [0, 0.1) is 0 Å². The van der Waals surface area contributed by atoms with Gasteiger partial charge in [-0.3, -0.25) is 4.79 Å². The van der Waals surface area contributed by atoms with Crippen molar-refractivity contribution >= 4 is 34.1 Å². The molecule has 0 saturated carbocycles. The van der Waals surface area contributed by atoms with Crippen molar-refractivity contribution in [3.63, 3.8) is 0 Å². The predicted octanol–water partition coefficient (Wildman–Crippen LogP) is 4.99. The van der Waals surface area contributed by atoms with E-state index in [-0.39, 0.29) is 5.91 Å². The van der Waals surface area contributed by atoms with Crippen molar-refractivity contribution in [2.75, 3.05) is 12.4 Å². The van der Waals surface area contributed by atoms with E-state index < -0.39 is 0 Å². The third-order valence-electron chi connectivity index (χ3n) is 3.73. The summed E-state index contributed by atoms with van der Waals surface area (Å²) in [6.07, 6.45) is 1.76. The van der Waals surface area contributed by atoms with Gasteiger partial charge in [0.25, 0.3) is 5.91 Å². The van der Waals surface area contributed by atoms with Crippen LogP contribution in [0.4, 0.5) is 5.13 Å². The number of nitrogens with zero attached hydrogens (tertiary/aromatic N) is 1. The van der Waals surface area contributed by atoms with Crippen LogP contribution in [0.2, 0.25) is 0 Å². The highest BCUT2D eigenvalue weighted by atomic mass is 32.2. The number of benzene rings is 2. The first-order valence-corrected chi connectivity index (χ1v) is 9.92. The van der Waals surface area contributed by atoms with E-state index in [1.54, 1.807) is 25.0 Å². The standard InChI is InChI=1S/C20H19N3OS2/c1-14(23-20-22-10-11-25-20)26-13-15-8-9-17(19(24)21-2)18(12-15)16-6-4-3-5-7-16/h3-12H,1,13H2,2H3,(H,21,24)(H,22,23). The van der Waals surface area contributed by atoms with Crippen molar-refractivity contribution in [3.05, 3.63) is 82.8 Å². The number of carbonyl (C=O) groups excluding carboxylic acids is 1. The van der Waals surface area contributed by atoms with Crippen molar-refractivity contribution < 1.29 is 4.79 Å². The van der Waals surface area contributed by atoms with Gasteiger partial charge in [0.1, 0.15) is 0 Å². The van der Waals surface area contributed by atoms with Crippen LogP contribution in [0.15, 0.2) is 71.7 Å². The Morgan fingerprint density at radius 3 is 2.73 bits per heavy atom. The number of nitrogens with one attached hydrogen (secondary N) is 2. The number of hydrogen-bond donors (Lipinski definition) is 2. The summed E-state index contributed by atoms with van der Waals surface area (Å²) in [4.78, 5) is 16.4. The smallest absolute Gasteiger partial charge is 0.251 e. The van der Waals surface area contributed by atoms with Crippen LogP contribution in [0.3, 0.4) is 0 Å². The summed E-state index contributed by atoms with van der Waals surface area (Å²) in [5, 5.41) is 9.50. The Hall–Kier alpha value is -2.57. The normalized spacial score (nSPS) is 10.3. The first kappa shape index (κ1) is 18.2. The quantitative estimate of drug-likeness (QED) is 0.606. The molecule has 0 radical (unpaired) electrons. The average Bonchev–Trinajstić information content (AvgIpc) is 3.19. The van der Waals surface area contributed by atoms with E-state index in [4.69, 9.17) is 0 Å². The molecule has 132 valence electrons. The molecule has 0 fully saturated rings. The van der Waals surface area contributed by atoms with Crippen LogP contribution in [0.1, 0.15) is 15.9 Å². The Kier molecular flexibility index (Phi) is 6.09. The summed E-state index contributed by atoms with van der Waals surface area (Å²) in [6, 6.07) is 15.9. The number of aromatic nitrogens is 1. The summed E-state index contributed by atoms with van der Waals surface area (Å²) < 4.78 is 0. The zero-order chi connectivity index (χ0) is 18.4. The topological polar surface area (TPSA) is 54.0 Å². The fraction of sp³-hybridized carbons (Fsp3) is 0.100. The van der Waals surface area contributed by atoms with Crippen LogP contribution in [0.25, 0.3) is 11.1 Å². The van der Waals surface area contributed by atoms with Gasteiger partial charge in [0.15, 0.2) is 5.13 Å². The van der Waals surface area contributed by atoms with Gasteiger partial charge in [-0.1, -0.05) is 43.0 Å². The maximum atomic E-state index is 12.2. The lowest BCUT2D eigenvalue weighted by Crippen LogP contribution is -2.18. The molecule has 6 heteroatoms. The third-order valence-corrected chi connectivity index (χ3v) is 5.35. The van der Waals surface area contributed by atoms with Gasteiger partial charge in [-0.05, 0) is 28.8 Å². The number of hydrogen-bond acceptors (Lipinski definition) is 5. The number of carbonyl (C=O) groups is 1. The largest absolute Gasteiger partial charge is 0.355 e. The Morgan fingerprint density at radius 2 is 2.04 bits per heavy atom. The van der Waals surface area contributed by atoms with Crippen molar-refractivity contribution in [1.29, 1.82) is 0 Å². The minimum Gasteiger partial charge on any atom is -0.355 e. The van der Waals surface area contributed by atoms with Crippen LogP contribution in [-0.2, 0) is 5.75 Å². The highest BCUT2D eigenvalue weighted by Gasteiger charge is 2.12. The van der Waals surface area contributed by atoms with E-state index in [1.165, 1.54) is 11.3 Å². The molecule has 0 unspecified atom stereocenters. The molecule has 0 aliphatic rings. The second kappa shape index (κ2) is 8.69. The lowest BCUT2D eigenvalue weighted by molar-refractivity contribution is 0.0963. The SMILES string of the molecule is C=C(Nc1nccs1)SCc1ccc(C(=O)NC)c(-c2ccccc2)c1. The van der Waals surface area contributed by atoms with Gasteiger partial charge in [0.05, 0.1) is 5.03 Å². The van der Waals surface area contributed by atoms with Gasteiger partial charge < -0.3 is 10.6 Å². The van der Waals surface area contributed by atoms with Crippen LogP contribution in [-0.4, -0.2) is 17.9 Å². The van der Waals surface area contributed by atoms with E-state index in [0.717, 1.165) is 32.6 Å². The second-order valence-corrected chi connectivity index (χ2v) is 7.46. The van der Waals surface area contributed by atoms with E-state index in [0.29, 0.717) is 5.56 Å². The Balaban J connectivity index is 1.78. The van der Waals surface area contributed by atoms with Gasteiger partial charge in [-0.25, -0.2) is 4.98 Å². The number of rotatable bonds is 7. The van der Waals surface area contributed by atoms with E-state index in [1.807, 2.05) is 47.8 Å². The molecular formula is C20H19N3OS2. The fourth-order valence-corrected chi connectivity index (χ4v) is 3.79. The third kappa shape index (κ3) is 4.53. The minimum atomic E-state index is -0.0853. The molecule has 0 spiro atoms. The lowest BCUT2D eigenvalue weighted by atomic mass is 9.97. The summed E-state index contributed by atoms with van der Waals surface area (Å²) >= 11 is 3.15. The highest BCUT2D eigenvalue weighted by Crippen LogP contribution is 2.28. The number of thioether (sulfide) groups is 1. The molecule has 3 rings (SSSR count). The lowest BCUT2D eigenvalue weighted by Gasteiger charge is -2.12. The molecule has 4 nitrogen and oxygen atoms in total. The summed E-state index contributed by atoms with van der Waals surface area (Å²) in [7, 11) is 1.65. The van der Waals surface area contributed by atoms with E-state index in [2.05, 4.69) is 28.3 Å². The van der Waals surface area contributed by atoms with Gasteiger partial charge >= 0.3 is 0 Å². The summed E-state index contributed by atoms with van der Waals surface area (Å²) in [5.41, 5.74) is 3.76. The fourth-order valence-electron chi connectivity index (χ4n) is 2.48. The van der Waals surface area contributed by atoms with Gasteiger partial charge in [0.2, 0.25) is 0 Å². The minimum absolute atomic E-state index is 0.0853. The molecule has 3 aromatic rings. The maximum Gasteiger partial charge on any atom is 0.251 e. The molecule has 0 bridgehead atoms. The molecule has 26 heavy (non-hydrogen) atoms. The van der Waals surface area contributed by atoms with Crippen molar-refractivity contribution in [1.82, 2.24) is 10.3 Å². The zero-order valence-electron chi connectivity index (χ0n) is 14.4. The molecule has 0 saturated heterocycles. The number of amides is 1. The predicted molar refractivity (Wildman–Crippen MR) is 111 cm³/mol. The first-order chi connectivity index (χ1) is 12.7. The maximum absolute atomic E-state index is 12.2. The van der Waals surface area contributed by atoms with Crippen molar-refractivity contribution in [3.8, 4) is 11.1 Å². The Bertz CT molecular complexity index is 893. The van der Waals surface area contributed by atoms with Crippen molar-refractivity contribution in [2.45, 2.75) is 5.75 Å². The summed E-state index contributed by atoms with van der Waals surface area (Å²) in [5.74, 6) is 0.670. The first-order valence-electron chi connectivity index (χ1n) is 8.06. The van der Waals surface area contributed by atoms with Gasteiger partial charge in [0, 0.05) is 29.9 Å². The van der Waals surface area contributed by atoms with Crippen LogP contribution >= 0.6 is 23.1 Å².